The zero-order chi connectivity index (χ0) is 31.0. The first-order chi connectivity index (χ1) is 22.7. The first-order valence-corrected chi connectivity index (χ1v) is 14.9. The Hall–Kier alpha value is -6.69. The molecule has 0 aliphatic heterocycles. The van der Waals surface area contributed by atoms with E-state index in [2.05, 4.69) is 113 Å². The SMILES string of the molecule is N#Cc1cncc(-c2cc3ccc(-c4c5ccccc5c(-c5ccc(-c6cc(C#N)ccn6)cc5)c5ccccc45)cc3cn2)c1. The van der Waals surface area contributed by atoms with Crippen molar-refractivity contribution in [3.05, 3.63) is 151 Å². The Balaban J connectivity index is 1.28. The third-order valence-electron chi connectivity index (χ3n) is 8.46. The summed E-state index contributed by atoms with van der Waals surface area (Å²) < 4.78 is 0. The average Bonchev–Trinajstić information content (AvgIpc) is 3.13. The van der Waals surface area contributed by atoms with Crippen LogP contribution in [0, 0.1) is 22.7 Å². The highest BCUT2D eigenvalue weighted by Gasteiger charge is 2.17. The quantitative estimate of drug-likeness (QED) is 0.192. The molecule has 0 radical (unpaired) electrons. The molecule has 5 aromatic carbocycles. The molecular formula is C41H23N5. The first-order valence-electron chi connectivity index (χ1n) is 14.9. The van der Waals surface area contributed by atoms with Crippen molar-refractivity contribution in [3.8, 4) is 56.9 Å². The Bertz CT molecular complexity index is 2500. The van der Waals surface area contributed by atoms with Crippen LogP contribution < -0.4 is 0 Å². The van der Waals surface area contributed by atoms with E-state index in [-0.39, 0.29) is 0 Å². The molecule has 212 valence electrons. The molecule has 8 rings (SSSR count). The van der Waals surface area contributed by atoms with E-state index in [4.69, 9.17) is 4.98 Å². The molecule has 0 fully saturated rings. The second-order valence-corrected chi connectivity index (χ2v) is 11.2. The van der Waals surface area contributed by atoms with Crippen LogP contribution in [0.5, 0.6) is 0 Å². The molecule has 5 nitrogen and oxygen atoms in total. The van der Waals surface area contributed by atoms with Crippen LogP contribution in [0.2, 0.25) is 0 Å². The predicted molar refractivity (Wildman–Crippen MR) is 184 cm³/mol. The minimum atomic E-state index is 0.510. The molecule has 0 saturated carbocycles. The van der Waals surface area contributed by atoms with Gasteiger partial charge in [-0.25, -0.2) is 0 Å². The van der Waals surface area contributed by atoms with Crippen LogP contribution in [-0.2, 0) is 0 Å². The highest BCUT2D eigenvalue weighted by molar-refractivity contribution is 6.21. The molecule has 0 aliphatic rings. The second-order valence-electron chi connectivity index (χ2n) is 11.2. The summed E-state index contributed by atoms with van der Waals surface area (Å²) in [6.45, 7) is 0. The van der Waals surface area contributed by atoms with E-state index >= 15 is 0 Å². The monoisotopic (exact) mass is 585 g/mol. The molecular weight excluding hydrogens is 562 g/mol. The van der Waals surface area contributed by atoms with Gasteiger partial charge in [-0.05, 0) is 79.5 Å². The van der Waals surface area contributed by atoms with Crippen LogP contribution >= 0.6 is 0 Å². The highest BCUT2D eigenvalue weighted by Crippen LogP contribution is 2.44. The van der Waals surface area contributed by atoms with Crippen molar-refractivity contribution < 1.29 is 0 Å². The van der Waals surface area contributed by atoms with E-state index in [1.165, 1.54) is 32.7 Å². The Morgan fingerprint density at radius 2 is 1.04 bits per heavy atom. The van der Waals surface area contributed by atoms with Crippen LogP contribution in [0.4, 0.5) is 0 Å². The molecule has 3 heterocycles. The minimum absolute atomic E-state index is 0.510. The summed E-state index contributed by atoms with van der Waals surface area (Å²) >= 11 is 0. The lowest BCUT2D eigenvalue weighted by molar-refractivity contribution is 1.27. The topological polar surface area (TPSA) is 86.2 Å². The van der Waals surface area contributed by atoms with Crippen LogP contribution in [-0.4, -0.2) is 15.0 Å². The van der Waals surface area contributed by atoms with Crippen molar-refractivity contribution in [2.24, 2.45) is 0 Å². The number of aromatic nitrogens is 3. The number of rotatable bonds is 4. The first kappa shape index (κ1) is 26.9. The van der Waals surface area contributed by atoms with Crippen LogP contribution in [0.15, 0.2) is 140 Å². The summed E-state index contributed by atoms with van der Waals surface area (Å²) in [5.41, 5.74) is 9.04. The molecule has 5 heteroatoms. The van der Waals surface area contributed by atoms with E-state index < -0.39 is 0 Å². The van der Waals surface area contributed by atoms with Crippen molar-refractivity contribution in [3.63, 3.8) is 0 Å². The van der Waals surface area contributed by atoms with Crippen molar-refractivity contribution in [2.75, 3.05) is 0 Å². The van der Waals surface area contributed by atoms with Crippen LogP contribution in [0.3, 0.4) is 0 Å². The number of nitrogens with zero attached hydrogens (tertiary/aromatic N) is 5. The predicted octanol–water partition coefficient (Wildman–Crippen LogP) is 9.74. The average molecular weight is 586 g/mol. The fraction of sp³-hybridized carbons (Fsp3) is 0. The van der Waals surface area contributed by atoms with Crippen molar-refractivity contribution in [2.45, 2.75) is 0 Å². The van der Waals surface area contributed by atoms with E-state index in [9.17, 15) is 10.5 Å². The zero-order valence-electron chi connectivity index (χ0n) is 24.5. The Kier molecular flexibility index (Phi) is 6.49. The van der Waals surface area contributed by atoms with Gasteiger partial charge in [-0.1, -0.05) is 84.9 Å². The lowest BCUT2D eigenvalue weighted by Crippen LogP contribution is -1.92. The van der Waals surface area contributed by atoms with Gasteiger partial charge >= 0.3 is 0 Å². The van der Waals surface area contributed by atoms with Gasteiger partial charge in [0, 0.05) is 41.3 Å². The lowest BCUT2D eigenvalue weighted by Gasteiger charge is -2.18. The van der Waals surface area contributed by atoms with Crippen molar-refractivity contribution in [1.82, 2.24) is 15.0 Å². The van der Waals surface area contributed by atoms with Gasteiger partial charge in [0.05, 0.1) is 28.6 Å². The van der Waals surface area contributed by atoms with Gasteiger partial charge < -0.3 is 0 Å². The van der Waals surface area contributed by atoms with Crippen molar-refractivity contribution in [1.29, 1.82) is 10.5 Å². The fourth-order valence-electron chi connectivity index (χ4n) is 6.31. The maximum atomic E-state index is 9.34. The standard InChI is InChI=1S/C41H23N5/c42-21-26-15-16-45-38(18-26)28-9-11-29(12-10-28)40-34-5-1-3-7-36(34)41(37-8-4-2-6-35(37)40)31-14-13-30-20-39(46-25-32(30)19-31)33-17-27(22-43)23-44-24-33/h1-20,23-25H. The molecule has 3 aromatic heterocycles. The van der Waals surface area contributed by atoms with E-state index in [1.807, 2.05) is 24.4 Å². The molecule has 0 amide bonds. The highest BCUT2D eigenvalue weighted by atomic mass is 14.7. The molecule has 0 saturated heterocycles. The molecule has 0 bridgehead atoms. The van der Waals surface area contributed by atoms with Gasteiger partial charge in [-0.2, -0.15) is 10.5 Å². The molecule has 8 aromatic rings. The Morgan fingerprint density at radius 3 is 1.72 bits per heavy atom. The summed E-state index contributed by atoms with van der Waals surface area (Å²) in [5.74, 6) is 0. The fourth-order valence-corrected chi connectivity index (χ4v) is 6.31. The molecule has 0 N–H and O–H groups in total. The van der Waals surface area contributed by atoms with Gasteiger partial charge in [0.15, 0.2) is 0 Å². The molecule has 46 heavy (non-hydrogen) atoms. The number of hydrogen-bond acceptors (Lipinski definition) is 5. The summed E-state index contributed by atoms with van der Waals surface area (Å²) in [7, 11) is 0. The van der Waals surface area contributed by atoms with Crippen LogP contribution in [0.1, 0.15) is 11.1 Å². The number of nitriles is 2. The maximum absolute atomic E-state index is 9.34. The van der Waals surface area contributed by atoms with Gasteiger partial charge in [0.25, 0.3) is 0 Å². The van der Waals surface area contributed by atoms with Gasteiger partial charge in [-0.3, -0.25) is 15.0 Å². The molecule has 0 unspecified atom stereocenters. The maximum Gasteiger partial charge on any atom is 0.101 e. The minimum Gasteiger partial charge on any atom is -0.263 e. The Labute approximate surface area is 265 Å². The number of fused-ring (bicyclic) bond motifs is 3. The third kappa shape index (κ3) is 4.61. The number of benzene rings is 5. The van der Waals surface area contributed by atoms with Gasteiger partial charge in [0.1, 0.15) is 6.07 Å². The largest absolute Gasteiger partial charge is 0.263 e. The summed E-state index contributed by atoms with van der Waals surface area (Å²) in [4.78, 5) is 13.4. The Morgan fingerprint density at radius 1 is 0.435 bits per heavy atom. The van der Waals surface area contributed by atoms with Gasteiger partial charge in [-0.15, -0.1) is 0 Å². The molecule has 0 spiro atoms. The number of hydrogen-bond donors (Lipinski definition) is 0. The van der Waals surface area contributed by atoms with E-state index in [0.29, 0.717) is 11.1 Å². The third-order valence-corrected chi connectivity index (χ3v) is 8.46. The zero-order valence-corrected chi connectivity index (χ0v) is 24.5. The summed E-state index contributed by atoms with van der Waals surface area (Å²) in [6.07, 6.45) is 6.87. The van der Waals surface area contributed by atoms with Gasteiger partial charge in [0.2, 0.25) is 0 Å². The molecule has 0 aliphatic carbocycles. The normalized spacial score (nSPS) is 11.0. The second kappa shape index (κ2) is 11.1. The van der Waals surface area contributed by atoms with Crippen molar-refractivity contribution >= 4 is 32.3 Å². The van der Waals surface area contributed by atoms with E-state index in [0.717, 1.165) is 44.4 Å². The van der Waals surface area contributed by atoms with Crippen LogP contribution in [0.25, 0.3) is 77.1 Å². The molecule has 0 atom stereocenters. The summed E-state index contributed by atoms with van der Waals surface area (Å²) in [5, 5.41) is 25.4. The summed E-state index contributed by atoms with van der Waals surface area (Å²) in [6, 6.07) is 43.9. The number of pyridine rings is 3. The smallest absolute Gasteiger partial charge is 0.101 e. The lowest BCUT2D eigenvalue weighted by atomic mass is 9.85. The van der Waals surface area contributed by atoms with E-state index in [1.54, 1.807) is 24.7 Å².